The normalized spacial score (nSPS) is 23.5. The van der Waals surface area contributed by atoms with Crippen LogP contribution in [0.1, 0.15) is 34.9 Å². The second kappa shape index (κ2) is 7.64. The van der Waals surface area contributed by atoms with Crippen molar-refractivity contribution in [2.75, 3.05) is 29.3 Å². The maximum Gasteiger partial charge on any atom is 0.264 e. The number of nitrogens with zero attached hydrogens (tertiary/aromatic N) is 1. The van der Waals surface area contributed by atoms with Crippen LogP contribution in [-0.4, -0.2) is 34.1 Å². The number of benzene rings is 3. The molecule has 1 aliphatic carbocycles. The number of fused-ring (bicyclic) bond motifs is 2. The molecule has 164 valence electrons. The van der Waals surface area contributed by atoms with Crippen molar-refractivity contribution in [3.8, 4) is 0 Å². The van der Waals surface area contributed by atoms with Crippen molar-refractivity contribution in [2.24, 2.45) is 0 Å². The number of hydrogen-bond donors (Lipinski definition) is 2. The largest absolute Gasteiger partial charge is 0.384 e. The molecule has 0 amide bonds. The van der Waals surface area contributed by atoms with Crippen LogP contribution in [0.25, 0.3) is 0 Å². The van der Waals surface area contributed by atoms with Gasteiger partial charge in [0.15, 0.2) is 0 Å². The Morgan fingerprint density at radius 1 is 1.00 bits per heavy atom. The fraction of sp³-hybridized carbons (Fsp3) is 0.308. The van der Waals surface area contributed by atoms with E-state index in [2.05, 4.69) is 47.0 Å². The summed E-state index contributed by atoms with van der Waals surface area (Å²) in [6, 6.07) is 24.2. The van der Waals surface area contributed by atoms with E-state index in [0.29, 0.717) is 29.3 Å². The number of rotatable bonds is 6. The first-order valence-corrected chi connectivity index (χ1v) is 12.8. The second-order valence-corrected chi connectivity index (χ2v) is 10.9. The summed E-state index contributed by atoms with van der Waals surface area (Å²) < 4.78 is 27.7. The number of anilines is 2. The van der Waals surface area contributed by atoms with Crippen molar-refractivity contribution in [2.45, 2.75) is 35.6 Å². The molecule has 6 rings (SSSR count). The second-order valence-electron chi connectivity index (χ2n) is 9.05. The lowest BCUT2D eigenvalue weighted by Crippen LogP contribution is -2.29. The highest BCUT2D eigenvalue weighted by Gasteiger charge is 2.40. The Morgan fingerprint density at radius 2 is 1.81 bits per heavy atom. The van der Waals surface area contributed by atoms with Gasteiger partial charge in [0, 0.05) is 43.2 Å². The summed E-state index contributed by atoms with van der Waals surface area (Å²) in [5, 5.41) is 7.26. The van der Waals surface area contributed by atoms with Gasteiger partial charge in [0.1, 0.15) is 0 Å². The average molecular weight is 446 g/mol. The van der Waals surface area contributed by atoms with E-state index in [4.69, 9.17) is 0 Å². The number of para-hydroxylation sites is 1. The van der Waals surface area contributed by atoms with Gasteiger partial charge in [-0.15, -0.1) is 0 Å². The van der Waals surface area contributed by atoms with Crippen LogP contribution in [-0.2, 0) is 16.4 Å². The number of nitrogens with one attached hydrogen (secondary N) is 2. The molecule has 0 spiro atoms. The smallest absolute Gasteiger partial charge is 0.264 e. The van der Waals surface area contributed by atoms with E-state index in [9.17, 15) is 8.42 Å². The maximum absolute atomic E-state index is 13.1. The van der Waals surface area contributed by atoms with Crippen LogP contribution < -0.4 is 14.9 Å². The van der Waals surface area contributed by atoms with Gasteiger partial charge >= 0.3 is 0 Å². The van der Waals surface area contributed by atoms with Crippen molar-refractivity contribution in [1.82, 2.24) is 5.32 Å². The summed E-state index contributed by atoms with van der Waals surface area (Å²) in [6.45, 7) is 2.49. The summed E-state index contributed by atoms with van der Waals surface area (Å²) >= 11 is 0. The third-order valence-corrected chi connectivity index (χ3v) is 8.90. The molecule has 2 N–H and O–H groups in total. The molecule has 32 heavy (non-hydrogen) atoms. The first-order valence-electron chi connectivity index (χ1n) is 11.4. The third-order valence-electron chi connectivity index (χ3n) is 7.07. The van der Waals surface area contributed by atoms with E-state index in [1.165, 1.54) is 16.8 Å². The van der Waals surface area contributed by atoms with Gasteiger partial charge in [-0.3, -0.25) is 4.31 Å². The Morgan fingerprint density at radius 3 is 2.69 bits per heavy atom. The van der Waals surface area contributed by atoms with Gasteiger partial charge in [0.25, 0.3) is 10.0 Å². The zero-order valence-electron chi connectivity index (χ0n) is 17.9. The summed E-state index contributed by atoms with van der Waals surface area (Å²) in [5.41, 5.74) is 5.97. The molecule has 0 saturated heterocycles. The van der Waals surface area contributed by atoms with Gasteiger partial charge in [0.2, 0.25) is 0 Å². The van der Waals surface area contributed by atoms with Crippen molar-refractivity contribution >= 4 is 21.4 Å². The molecule has 0 aromatic heterocycles. The van der Waals surface area contributed by atoms with Crippen LogP contribution in [0.3, 0.4) is 0 Å². The minimum atomic E-state index is -3.51. The molecule has 3 aromatic rings. The lowest BCUT2D eigenvalue weighted by atomic mass is 10.0. The zero-order chi connectivity index (χ0) is 21.7. The molecule has 1 saturated carbocycles. The van der Waals surface area contributed by atoms with Crippen molar-refractivity contribution in [1.29, 1.82) is 0 Å². The first-order chi connectivity index (χ1) is 15.6. The van der Waals surface area contributed by atoms with E-state index in [1.807, 2.05) is 12.1 Å². The molecule has 3 unspecified atom stereocenters. The minimum absolute atomic E-state index is 0.353. The van der Waals surface area contributed by atoms with E-state index in [-0.39, 0.29) is 0 Å². The molecule has 0 radical (unpaired) electrons. The third kappa shape index (κ3) is 3.38. The number of hydrogen-bond acceptors (Lipinski definition) is 4. The standard InChI is InChI=1S/C26H27N3O2S/c30-32(31,21-6-2-1-3-7-21)29-13-12-19-14-18(10-11-26(19)29)23-15-25(23)28-17-20-16-27-24-9-5-4-8-22(20)24/h1-11,14,20,23,25,27-28H,12-13,15-17H2. The van der Waals surface area contributed by atoms with Crippen molar-refractivity contribution < 1.29 is 8.42 Å². The van der Waals surface area contributed by atoms with E-state index in [1.54, 1.807) is 28.6 Å². The Bertz CT molecular complexity index is 1260. The number of sulfonamides is 1. The van der Waals surface area contributed by atoms with Gasteiger partial charge in [0.05, 0.1) is 10.6 Å². The highest BCUT2D eigenvalue weighted by molar-refractivity contribution is 7.92. The molecule has 5 nitrogen and oxygen atoms in total. The minimum Gasteiger partial charge on any atom is -0.384 e. The van der Waals surface area contributed by atoms with Gasteiger partial charge in [-0.05, 0) is 53.8 Å². The molecule has 3 aliphatic rings. The quantitative estimate of drug-likeness (QED) is 0.600. The van der Waals surface area contributed by atoms with Crippen LogP contribution in [0.2, 0.25) is 0 Å². The van der Waals surface area contributed by atoms with Crippen LogP contribution in [0.15, 0.2) is 77.7 Å². The predicted octanol–water partition coefficient (Wildman–Crippen LogP) is 4.09. The Labute approximate surface area is 189 Å². The SMILES string of the molecule is O=S(=O)(c1ccccc1)N1CCc2cc(C3CC3NCC3CNc4ccccc43)ccc21. The molecule has 2 aliphatic heterocycles. The fourth-order valence-corrected chi connectivity index (χ4v) is 6.74. The predicted molar refractivity (Wildman–Crippen MR) is 128 cm³/mol. The van der Waals surface area contributed by atoms with Crippen LogP contribution in [0, 0.1) is 0 Å². The van der Waals surface area contributed by atoms with Crippen molar-refractivity contribution in [3.05, 3.63) is 89.5 Å². The summed E-state index contributed by atoms with van der Waals surface area (Å²) in [6.07, 6.45) is 1.91. The Balaban J connectivity index is 1.13. The van der Waals surface area contributed by atoms with Gasteiger partial charge in [-0.2, -0.15) is 0 Å². The molecule has 3 aromatic carbocycles. The Kier molecular flexibility index (Phi) is 4.73. The maximum atomic E-state index is 13.1. The lowest BCUT2D eigenvalue weighted by Gasteiger charge is -2.19. The summed E-state index contributed by atoms with van der Waals surface area (Å²) in [5.74, 6) is 1.04. The molecule has 3 atom stereocenters. The monoisotopic (exact) mass is 445 g/mol. The summed E-state index contributed by atoms with van der Waals surface area (Å²) in [4.78, 5) is 0.353. The molecule has 0 bridgehead atoms. The van der Waals surface area contributed by atoms with Crippen LogP contribution in [0.4, 0.5) is 11.4 Å². The molecule has 2 heterocycles. The molecule has 1 fully saturated rings. The molecule has 6 heteroatoms. The van der Waals surface area contributed by atoms with Gasteiger partial charge in [-0.1, -0.05) is 48.5 Å². The zero-order valence-corrected chi connectivity index (χ0v) is 18.7. The fourth-order valence-electron chi connectivity index (χ4n) is 5.21. The van der Waals surface area contributed by atoms with E-state index >= 15 is 0 Å². The van der Waals surface area contributed by atoms with E-state index in [0.717, 1.165) is 37.2 Å². The first kappa shape index (κ1) is 19.8. The van der Waals surface area contributed by atoms with Gasteiger partial charge < -0.3 is 10.6 Å². The van der Waals surface area contributed by atoms with Crippen LogP contribution in [0.5, 0.6) is 0 Å². The average Bonchev–Trinajstić information content (AvgIpc) is 3.28. The van der Waals surface area contributed by atoms with Crippen molar-refractivity contribution in [3.63, 3.8) is 0 Å². The topological polar surface area (TPSA) is 61.4 Å². The van der Waals surface area contributed by atoms with Crippen LogP contribution >= 0.6 is 0 Å². The highest BCUT2D eigenvalue weighted by Crippen LogP contribution is 2.44. The summed E-state index contributed by atoms with van der Waals surface area (Å²) in [7, 11) is -3.51. The van der Waals surface area contributed by atoms with E-state index < -0.39 is 10.0 Å². The lowest BCUT2D eigenvalue weighted by molar-refractivity contribution is 0.592. The molecular weight excluding hydrogens is 418 g/mol. The van der Waals surface area contributed by atoms with Gasteiger partial charge in [-0.25, -0.2) is 8.42 Å². The molecular formula is C26H27N3O2S. The highest BCUT2D eigenvalue weighted by atomic mass is 32.2. The Hall–Kier alpha value is -2.83.